The van der Waals surface area contributed by atoms with Gasteiger partial charge in [-0.15, -0.1) is 0 Å². The van der Waals surface area contributed by atoms with Gasteiger partial charge in [-0.05, 0) is 55.8 Å². The van der Waals surface area contributed by atoms with Crippen LogP contribution in [0.3, 0.4) is 0 Å². The Morgan fingerprint density at radius 1 is 1.07 bits per heavy atom. The molecule has 1 unspecified atom stereocenters. The number of ether oxygens (including phenoxy) is 2. The SMILES string of the molecule is Cc1cc(C)nc(-c2cccc(C(=O)N(C)CC3COc4ccccc4O3)c2)c1. The van der Waals surface area contributed by atoms with Crippen molar-refractivity contribution in [1.82, 2.24) is 9.88 Å². The number of carbonyl (C=O) groups excluding carboxylic acids is 1. The van der Waals surface area contributed by atoms with Gasteiger partial charge in [-0.3, -0.25) is 9.78 Å². The molecule has 1 atom stereocenters. The van der Waals surface area contributed by atoms with Crippen LogP contribution in [0.5, 0.6) is 11.5 Å². The van der Waals surface area contributed by atoms with Gasteiger partial charge in [-0.25, -0.2) is 0 Å². The third-order valence-corrected chi connectivity index (χ3v) is 4.89. The van der Waals surface area contributed by atoms with E-state index in [0.717, 1.165) is 28.3 Å². The lowest BCUT2D eigenvalue weighted by Gasteiger charge is -2.29. The number of hydrogen-bond acceptors (Lipinski definition) is 4. The summed E-state index contributed by atoms with van der Waals surface area (Å²) in [5.74, 6) is 1.40. The van der Waals surface area contributed by atoms with Crippen molar-refractivity contribution in [3.8, 4) is 22.8 Å². The van der Waals surface area contributed by atoms with Crippen LogP contribution in [-0.4, -0.2) is 42.1 Å². The minimum Gasteiger partial charge on any atom is -0.486 e. The molecule has 0 saturated carbocycles. The van der Waals surface area contributed by atoms with Crippen LogP contribution in [0, 0.1) is 13.8 Å². The van der Waals surface area contributed by atoms with E-state index in [-0.39, 0.29) is 12.0 Å². The number of aromatic nitrogens is 1. The van der Waals surface area contributed by atoms with Crippen molar-refractivity contribution in [2.45, 2.75) is 20.0 Å². The molecule has 4 rings (SSSR count). The molecular weight excluding hydrogens is 364 g/mol. The van der Waals surface area contributed by atoms with Gasteiger partial charge in [-0.1, -0.05) is 24.3 Å². The molecule has 2 aromatic carbocycles. The summed E-state index contributed by atoms with van der Waals surface area (Å²) in [7, 11) is 1.79. The van der Waals surface area contributed by atoms with Gasteiger partial charge in [0.2, 0.25) is 0 Å². The fourth-order valence-corrected chi connectivity index (χ4v) is 3.56. The first kappa shape index (κ1) is 19.0. The number of fused-ring (bicyclic) bond motifs is 1. The lowest BCUT2D eigenvalue weighted by atomic mass is 10.0. The first-order valence-corrected chi connectivity index (χ1v) is 9.69. The zero-order valence-electron chi connectivity index (χ0n) is 16.9. The molecule has 0 radical (unpaired) electrons. The summed E-state index contributed by atoms with van der Waals surface area (Å²) >= 11 is 0. The molecule has 1 aliphatic rings. The average Bonchev–Trinajstić information content (AvgIpc) is 2.72. The normalized spacial score (nSPS) is 15.1. The second-order valence-electron chi connectivity index (χ2n) is 7.44. The van der Waals surface area contributed by atoms with Gasteiger partial charge >= 0.3 is 0 Å². The maximum absolute atomic E-state index is 13.0. The Kier molecular flexibility index (Phi) is 5.21. The maximum atomic E-state index is 13.0. The zero-order chi connectivity index (χ0) is 20.4. The highest BCUT2D eigenvalue weighted by Gasteiger charge is 2.24. The first-order chi connectivity index (χ1) is 14.0. The molecule has 1 aliphatic heterocycles. The van der Waals surface area contributed by atoms with E-state index in [9.17, 15) is 4.79 Å². The van der Waals surface area contributed by atoms with Crippen LogP contribution in [0.4, 0.5) is 0 Å². The molecule has 0 fully saturated rings. The quantitative estimate of drug-likeness (QED) is 0.670. The van der Waals surface area contributed by atoms with Gasteiger partial charge in [0.15, 0.2) is 17.6 Å². The van der Waals surface area contributed by atoms with Crippen molar-refractivity contribution < 1.29 is 14.3 Å². The summed E-state index contributed by atoms with van der Waals surface area (Å²) in [5, 5.41) is 0. The number of likely N-dealkylation sites (N-methyl/N-ethyl adjacent to an activating group) is 1. The lowest BCUT2D eigenvalue weighted by Crippen LogP contribution is -2.41. The van der Waals surface area contributed by atoms with Crippen LogP contribution < -0.4 is 9.47 Å². The molecular formula is C24H24N2O3. The van der Waals surface area contributed by atoms with Crippen LogP contribution in [0.15, 0.2) is 60.7 Å². The van der Waals surface area contributed by atoms with Crippen molar-refractivity contribution >= 4 is 5.91 Å². The Balaban J connectivity index is 1.48. The van der Waals surface area contributed by atoms with Gasteiger partial charge in [-0.2, -0.15) is 0 Å². The third kappa shape index (κ3) is 4.24. The first-order valence-electron chi connectivity index (χ1n) is 9.69. The summed E-state index contributed by atoms with van der Waals surface area (Å²) in [6.45, 7) is 4.88. The van der Waals surface area contributed by atoms with Crippen LogP contribution in [-0.2, 0) is 0 Å². The molecule has 1 amide bonds. The molecule has 0 N–H and O–H groups in total. The van der Waals surface area contributed by atoms with Crippen molar-refractivity contribution in [3.05, 3.63) is 77.5 Å². The number of hydrogen-bond donors (Lipinski definition) is 0. The second-order valence-corrected chi connectivity index (χ2v) is 7.44. The number of rotatable bonds is 4. The number of benzene rings is 2. The van der Waals surface area contributed by atoms with Crippen molar-refractivity contribution in [2.24, 2.45) is 0 Å². The summed E-state index contributed by atoms with van der Waals surface area (Å²) in [4.78, 5) is 19.3. The van der Waals surface area contributed by atoms with E-state index < -0.39 is 0 Å². The Hall–Kier alpha value is -3.34. The van der Waals surface area contributed by atoms with Gasteiger partial charge in [0, 0.05) is 23.9 Å². The van der Waals surface area contributed by atoms with E-state index in [1.807, 2.05) is 74.5 Å². The fraction of sp³-hybridized carbons (Fsp3) is 0.250. The highest BCUT2D eigenvalue weighted by molar-refractivity contribution is 5.95. The van der Waals surface area contributed by atoms with Crippen LogP contribution >= 0.6 is 0 Å². The van der Waals surface area contributed by atoms with E-state index in [1.54, 1.807) is 11.9 Å². The van der Waals surface area contributed by atoms with E-state index in [1.165, 1.54) is 0 Å². The van der Waals surface area contributed by atoms with Crippen LogP contribution in [0.2, 0.25) is 0 Å². The Morgan fingerprint density at radius 3 is 2.66 bits per heavy atom. The lowest BCUT2D eigenvalue weighted by molar-refractivity contribution is 0.0521. The highest BCUT2D eigenvalue weighted by Crippen LogP contribution is 2.31. The average molecular weight is 388 g/mol. The molecule has 0 bridgehead atoms. The van der Waals surface area contributed by atoms with E-state index >= 15 is 0 Å². The largest absolute Gasteiger partial charge is 0.486 e. The monoisotopic (exact) mass is 388 g/mol. The number of nitrogens with zero attached hydrogens (tertiary/aromatic N) is 2. The predicted molar refractivity (Wildman–Crippen MR) is 112 cm³/mol. The molecule has 0 aliphatic carbocycles. The molecule has 5 heteroatoms. The zero-order valence-corrected chi connectivity index (χ0v) is 16.9. The van der Waals surface area contributed by atoms with E-state index in [4.69, 9.17) is 9.47 Å². The Morgan fingerprint density at radius 2 is 1.86 bits per heavy atom. The van der Waals surface area contributed by atoms with Crippen LogP contribution in [0.25, 0.3) is 11.3 Å². The fourth-order valence-electron chi connectivity index (χ4n) is 3.56. The molecule has 2 heterocycles. The number of aryl methyl sites for hydroxylation is 2. The van der Waals surface area contributed by atoms with Gasteiger partial charge in [0.1, 0.15) is 6.61 Å². The maximum Gasteiger partial charge on any atom is 0.253 e. The highest BCUT2D eigenvalue weighted by atomic mass is 16.6. The molecule has 29 heavy (non-hydrogen) atoms. The number of carbonyl (C=O) groups is 1. The molecule has 0 spiro atoms. The molecule has 148 valence electrons. The summed E-state index contributed by atoms with van der Waals surface area (Å²) < 4.78 is 11.7. The van der Waals surface area contributed by atoms with Crippen molar-refractivity contribution in [3.63, 3.8) is 0 Å². The van der Waals surface area contributed by atoms with Crippen LogP contribution in [0.1, 0.15) is 21.6 Å². The number of amides is 1. The minimum atomic E-state index is -0.205. The van der Waals surface area contributed by atoms with Gasteiger partial charge in [0.05, 0.1) is 12.2 Å². The van der Waals surface area contributed by atoms with Crippen molar-refractivity contribution in [1.29, 1.82) is 0 Å². The van der Waals surface area contributed by atoms with E-state index in [2.05, 4.69) is 4.98 Å². The number of pyridine rings is 1. The van der Waals surface area contributed by atoms with Gasteiger partial charge in [0.25, 0.3) is 5.91 Å². The van der Waals surface area contributed by atoms with E-state index in [0.29, 0.717) is 24.5 Å². The predicted octanol–water partition coefficient (Wildman–Crippen LogP) is 4.28. The Labute approximate surface area is 170 Å². The third-order valence-electron chi connectivity index (χ3n) is 4.89. The second kappa shape index (κ2) is 7.95. The Bertz CT molecular complexity index is 1030. The smallest absolute Gasteiger partial charge is 0.253 e. The summed E-state index contributed by atoms with van der Waals surface area (Å²) in [5.41, 5.74) is 4.55. The summed E-state index contributed by atoms with van der Waals surface area (Å²) in [6, 6.07) is 19.3. The van der Waals surface area contributed by atoms with Crippen molar-refractivity contribution in [2.75, 3.05) is 20.2 Å². The van der Waals surface area contributed by atoms with Gasteiger partial charge < -0.3 is 14.4 Å². The molecule has 3 aromatic rings. The standard InChI is InChI=1S/C24H24N2O3/c1-16-11-17(2)25-21(12-16)18-7-6-8-19(13-18)24(27)26(3)14-20-15-28-22-9-4-5-10-23(22)29-20/h4-13,20H,14-15H2,1-3H3. The molecule has 0 saturated heterocycles. The topological polar surface area (TPSA) is 51.7 Å². The molecule has 5 nitrogen and oxygen atoms in total. The minimum absolute atomic E-state index is 0.0568. The number of para-hydroxylation sites is 2. The summed E-state index contributed by atoms with van der Waals surface area (Å²) in [6.07, 6.45) is -0.205. The molecule has 1 aromatic heterocycles.